The number of thioether (sulfide) groups is 1. The molecule has 7 nitrogen and oxygen atoms in total. The van der Waals surface area contributed by atoms with Gasteiger partial charge in [0.1, 0.15) is 6.17 Å². The highest BCUT2D eigenvalue weighted by Gasteiger charge is 2.43. The Balaban J connectivity index is 1.63. The van der Waals surface area contributed by atoms with Crippen LogP contribution < -0.4 is 15.5 Å². The lowest BCUT2D eigenvalue weighted by molar-refractivity contribution is -0.139. The summed E-state index contributed by atoms with van der Waals surface area (Å²) >= 11 is 1.74. The van der Waals surface area contributed by atoms with Gasteiger partial charge in [-0.25, -0.2) is 4.79 Å². The molecule has 0 amide bonds. The number of aromatic hydroxyl groups is 1. The maximum absolute atomic E-state index is 12.5. The van der Waals surface area contributed by atoms with Crippen LogP contribution in [0, 0.1) is 0 Å². The maximum atomic E-state index is 12.5. The van der Waals surface area contributed by atoms with E-state index in [-0.39, 0.29) is 29.3 Å². The van der Waals surface area contributed by atoms with Gasteiger partial charge in [0.05, 0.1) is 24.7 Å². The molecule has 1 fully saturated rings. The van der Waals surface area contributed by atoms with Crippen molar-refractivity contribution in [3.63, 3.8) is 0 Å². The molecule has 8 heteroatoms. The highest BCUT2D eigenvalue weighted by Crippen LogP contribution is 2.40. The monoisotopic (exact) mass is 427 g/mol. The van der Waals surface area contributed by atoms with E-state index in [1.807, 2.05) is 30.3 Å². The van der Waals surface area contributed by atoms with Crippen molar-refractivity contribution in [1.29, 1.82) is 0 Å². The van der Waals surface area contributed by atoms with Crippen LogP contribution in [0.4, 0.5) is 0 Å². The lowest BCUT2D eigenvalue weighted by atomic mass is 9.99. The minimum atomic E-state index is -0.336. The fourth-order valence-corrected chi connectivity index (χ4v) is 4.94. The predicted octanol–water partition coefficient (Wildman–Crippen LogP) is 3.15. The topological polar surface area (TPSA) is 83.1 Å². The number of ether oxygens (including phenoxy) is 2. The number of hydrazine groups is 1. The molecule has 2 aliphatic rings. The zero-order chi connectivity index (χ0) is 21.1. The van der Waals surface area contributed by atoms with Crippen molar-refractivity contribution < 1.29 is 19.4 Å². The summed E-state index contributed by atoms with van der Waals surface area (Å²) in [6, 6.07) is 15.5. The fraction of sp³-hybridized carbons (Fsp3) is 0.318. The largest absolute Gasteiger partial charge is 0.504 e. The Kier molecular flexibility index (Phi) is 6.17. The molecule has 158 valence electrons. The Morgan fingerprint density at radius 1 is 1.27 bits per heavy atom. The van der Waals surface area contributed by atoms with Crippen LogP contribution in [0.5, 0.6) is 11.5 Å². The van der Waals surface area contributed by atoms with E-state index in [1.54, 1.807) is 31.0 Å². The summed E-state index contributed by atoms with van der Waals surface area (Å²) in [5, 5.41) is 15.6. The van der Waals surface area contributed by atoms with Gasteiger partial charge >= 0.3 is 5.97 Å². The summed E-state index contributed by atoms with van der Waals surface area (Å²) in [6.07, 6.45) is 2.17. The van der Waals surface area contributed by atoms with Gasteiger partial charge in [-0.2, -0.15) is 5.01 Å². The summed E-state index contributed by atoms with van der Waals surface area (Å²) in [6.45, 7) is 2.12. The van der Waals surface area contributed by atoms with Crippen LogP contribution in [0.15, 0.2) is 65.2 Å². The average molecular weight is 428 g/mol. The van der Waals surface area contributed by atoms with Crippen LogP contribution in [0.25, 0.3) is 0 Å². The quantitative estimate of drug-likeness (QED) is 0.607. The molecule has 4 rings (SSSR count). The van der Waals surface area contributed by atoms with Crippen LogP contribution in [0.2, 0.25) is 0 Å². The number of phenols is 1. The van der Waals surface area contributed by atoms with Gasteiger partial charge in [-0.3, -0.25) is 5.32 Å². The van der Waals surface area contributed by atoms with Gasteiger partial charge in [0.2, 0.25) is 0 Å². The van der Waals surface area contributed by atoms with E-state index >= 15 is 0 Å². The third-order valence-electron chi connectivity index (χ3n) is 5.18. The number of methoxy groups -OCH3 is 1. The van der Waals surface area contributed by atoms with E-state index in [4.69, 9.17) is 9.47 Å². The molecule has 2 aliphatic heterocycles. The number of hydrogen-bond donors (Lipinski definition) is 3. The van der Waals surface area contributed by atoms with Gasteiger partial charge in [0.25, 0.3) is 0 Å². The van der Waals surface area contributed by atoms with Crippen molar-refractivity contribution in [3.8, 4) is 11.5 Å². The number of nitrogens with one attached hydrogen (secondary N) is 2. The van der Waals surface area contributed by atoms with Crippen molar-refractivity contribution in [2.45, 2.75) is 35.8 Å². The Labute approximate surface area is 180 Å². The van der Waals surface area contributed by atoms with Crippen molar-refractivity contribution in [1.82, 2.24) is 15.8 Å². The molecule has 2 aromatic rings. The van der Waals surface area contributed by atoms with Crippen LogP contribution in [-0.4, -0.2) is 41.3 Å². The van der Waals surface area contributed by atoms with Crippen LogP contribution in [-0.2, 0) is 9.53 Å². The number of nitrogens with zero attached hydrogens (tertiary/aromatic N) is 1. The molecule has 0 saturated carbocycles. The predicted molar refractivity (Wildman–Crippen MR) is 115 cm³/mol. The number of phenolic OH excluding ortho intramolecular Hbond substituents is 1. The third kappa shape index (κ3) is 4.12. The lowest BCUT2D eigenvalue weighted by Crippen LogP contribution is -2.58. The molecule has 30 heavy (non-hydrogen) atoms. The summed E-state index contributed by atoms with van der Waals surface area (Å²) in [4.78, 5) is 13.6. The molecule has 2 heterocycles. The second-order valence-corrected chi connectivity index (χ2v) is 8.28. The number of hydrogen-bond acceptors (Lipinski definition) is 8. The molecule has 2 aromatic carbocycles. The first kappa shape index (κ1) is 20.6. The molecule has 3 unspecified atom stereocenters. The molecule has 0 bridgehead atoms. The second kappa shape index (κ2) is 8.99. The van der Waals surface area contributed by atoms with E-state index in [0.717, 1.165) is 16.9 Å². The SMILES string of the molecule is CCOC(=O)C1=CNN2C(Sc3ccccc3)CC(c3ccc(O)c(OC)c3)NC12. The Hall–Kier alpha value is -2.68. The number of fused-ring (bicyclic) bond motifs is 1. The maximum Gasteiger partial charge on any atom is 0.338 e. The molecule has 0 aliphatic carbocycles. The molecule has 0 aromatic heterocycles. The lowest BCUT2D eigenvalue weighted by Gasteiger charge is -2.42. The molecule has 3 N–H and O–H groups in total. The Bertz CT molecular complexity index is 937. The first-order chi connectivity index (χ1) is 14.6. The van der Waals surface area contributed by atoms with E-state index in [0.29, 0.717) is 17.9 Å². The molecular formula is C22H25N3O4S. The number of rotatable bonds is 6. The fourth-order valence-electron chi connectivity index (χ4n) is 3.73. The highest BCUT2D eigenvalue weighted by atomic mass is 32.2. The van der Waals surface area contributed by atoms with Gasteiger partial charge in [0, 0.05) is 17.1 Å². The van der Waals surface area contributed by atoms with Crippen molar-refractivity contribution in [3.05, 3.63) is 65.9 Å². The summed E-state index contributed by atoms with van der Waals surface area (Å²) in [5.41, 5.74) is 4.78. The highest BCUT2D eigenvalue weighted by molar-refractivity contribution is 7.99. The number of carbonyl (C=O) groups excluding carboxylic acids is 1. The number of benzene rings is 2. The average Bonchev–Trinajstić information content (AvgIpc) is 3.19. The molecule has 0 spiro atoms. The first-order valence-electron chi connectivity index (χ1n) is 9.87. The smallest absolute Gasteiger partial charge is 0.338 e. The summed E-state index contributed by atoms with van der Waals surface area (Å²) in [5.74, 6) is 0.190. The van der Waals surface area contributed by atoms with Gasteiger partial charge in [-0.15, -0.1) is 11.8 Å². The zero-order valence-corrected chi connectivity index (χ0v) is 17.7. The van der Waals surface area contributed by atoms with E-state index in [1.165, 1.54) is 7.11 Å². The Morgan fingerprint density at radius 3 is 2.80 bits per heavy atom. The van der Waals surface area contributed by atoms with Gasteiger partial charge in [0.15, 0.2) is 11.5 Å². The minimum absolute atomic E-state index is 0.0420. The standard InChI is InChI=1S/C22H25N3O4S/c1-3-29-22(27)16-13-23-25-20(30-15-7-5-4-6-8-15)12-17(24-21(16)25)14-9-10-18(26)19(11-14)28-2/h4-11,13,17,20-21,23-24,26H,3,12H2,1-2H3. The van der Waals surface area contributed by atoms with E-state index in [9.17, 15) is 9.90 Å². The second-order valence-electron chi connectivity index (χ2n) is 7.03. The number of carbonyl (C=O) groups is 1. The van der Waals surface area contributed by atoms with Crippen molar-refractivity contribution in [2.75, 3.05) is 13.7 Å². The zero-order valence-electron chi connectivity index (χ0n) is 16.9. The van der Waals surface area contributed by atoms with Gasteiger partial charge < -0.3 is 20.0 Å². The Morgan fingerprint density at radius 2 is 2.07 bits per heavy atom. The number of esters is 1. The van der Waals surface area contributed by atoms with Gasteiger partial charge in [-0.1, -0.05) is 24.3 Å². The minimum Gasteiger partial charge on any atom is -0.504 e. The van der Waals surface area contributed by atoms with Crippen molar-refractivity contribution in [2.24, 2.45) is 0 Å². The van der Waals surface area contributed by atoms with Crippen molar-refractivity contribution >= 4 is 17.7 Å². The normalized spacial score (nSPS) is 23.3. The van der Waals surface area contributed by atoms with Crippen LogP contribution in [0.3, 0.4) is 0 Å². The molecule has 0 radical (unpaired) electrons. The third-order valence-corrected chi connectivity index (χ3v) is 6.42. The van der Waals surface area contributed by atoms with E-state index < -0.39 is 0 Å². The van der Waals surface area contributed by atoms with Gasteiger partial charge in [-0.05, 0) is 43.2 Å². The molecule has 1 saturated heterocycles. The first-order valence-corrected chi connectivity index (χ1v) is 10.7. The molecule has 3 atom stereocenters. The van der Waals surface area contributed by atoms with E-state index in [2.05, 4.69) is 27.9 Å². The summed E-state index contributed by atoms with van der Waals surface area (Å²) < 4.78 is 10.5. The summed E-state index contributed by atoms with van der Waals surface area (Å²) in [7, 11) is 1.53. The molecular weight excluding hydrogens is 402 g/mol. The van der Waals surface area contributed by atoms with Crippen LogP contribution >= 0.6 is 11.8 Å². The van der Waals surface area contributed by atoms with Crippen LogP contribution in [0.1, 0.15) is 24.9 Å².